The number of aliphatic hydroxyl groups excluding tert-OH is 1. The van der Waals surface area contributed by atoms with E-state index in [1.807, 2.05) is 0 Å². The molecule has 8 nitrogen and oxygen atoms in total. The monoisotopic (exact) mass is 354 g/mol. The lowest BCUT2D eigenvalue weighted by atomic mass is 10.1. The van der Waals surface area contributed by atoms with Crippen molar-refractivity contribution in [3.05, 3.63) is 41.2 Å². The molecule has 0 atom stereocenters. The van der Waals surface area contributed by atoms with E-state index in [-0.39, 0.29) is 21.7 Å². The van der Waals surface area contributed by atoms with E-state index in [2.05, 4.69) is 4.72 Å². The number of aliphatic hydroxyl groups is 1. The van der Waals surface area contributed by atoms with Crippen molar-refractivity contribution in [1.82, 2.24) is 4.72 Å². The topological polar surface area (TPSA) is 134 Å². The normalized spacial score (nSPS) is 12.3. The number of ether oxygens (including phenoxy) is 1. The van der Waals surface area contributed by atoms with Crippen LogP contribution in [0.25, 0.3) is 0 Å². The fourth-order valence-corrected chi connectivity index (χ4v) is 2.59. The summed E-state index contributed by atoms with van der Waals surface area (Å²) in [7, 11) is -2.34. The number of carbonyl (C=O) groups excluding carboxylic acids is 2. The van der Waals surface area contributed by atoms with E-state index in [1.165, 1.54) is 45.2 Å². The summed E-state index contributed by atoms with van der Waals surface area (Å²) in [4.78, 5) is 23.2. The molecule has 0 aromatic heterocycles. The zero-order valence-corrected chi connectivity index (χ0v) is 14.2. The maximum atomic E-state index is 11.9. The Morgan fingerprint density at radius 2 is 1.75 bits per heavy atom. The second-order valence-electron chi connectivity index (χ2n) is 4.81. The first-order chi connectivity index (χ1) is 11.1. The number of sulfonamides is 1. The Bertz CT molecular complexity index is 778. The minimum atomic E-state index is -3.61. The fraction of sp³-hybridized carbons (Fsp3) is 0.267. The number of nitrogens with one attached hydrogen (secondary N) is 2. The minimum Gasteiger partial charge on any atom is -0.508 e. The van der Waals surface area contributed by atoms with Crippen molar-refractivity contribution in [2.45, 2.75) is 18.7 Å². The lowest BCUT2D eigenvalue weighted by Crippen LogP contribution is -2.18. The van der Waals surface area contributed by atoms with Crippen molar-refractivity contribution >= 4 is 27.5 Å². The smallest absolute Gasteiger partial charge is 0.338 e. The van der Waals surface area contributed by atoms with Gasteiger partial charge in [-0.1, -0.05) is 0 Å². The fourth-order valence-electron chi connectivity index (χ4n) is 1.86. The van der Waals surface area contributed by atoms with Crippen LogP contribution < -0.4 is 4.72 Å². The molecule has 0 unspecified atom stereocenters. The minimum absolute atomic E-state index is 0.0115. The van der Waals surface area contributed by atoms with Crippen LogP contribution in [0.2, 0.25) is 0 Å². The van der Waals surface area contributed by atoms with Gasteiger partial charge in [0.25, 0.3) is 0 Å². The molecule has 130 valence electrons. The van der Waals surface area contributed by atoms with E-state index < -0.39 is 34.1 Å². The van der Waals surface area contributed by atoms with Gasteiger partial charge in [0.1, 0.15) is 12.4 Å². The van der Waals surface area contributed by atoms with E-state index in [1.54, 1.807) is 0 Å². The highest BCUT2D eigenvalue weighted by Crippen LogP contribution is 2.12. The van der Waals surface area contributed by atoms with Gasteiger partial charge in [0.15, 0.2) is 5.78 Å². The van der Waals surface area contributed by atoms with Gasteiger partial charge in [-0.2, -0.15) is 0 Å². The highest BCUT2D eigenvalue weighted by molar-refractivity contribution is 7.89. The summed E-state index contributed by atoms with van der Waals surface area (Å²) in [6.45, 7) is 1.95. The second-order valence-corrected chi connectivity index (χ2v) is 6.70. The first-order valence-corrected chi connectivity index (χ1v) is 8.27. The van der Waals surface area contributed by atoms with Crippen LogP contribution in [0, 0.1) is 5.41 Å². The third-order valence-electron chi connectivity index (χ3n) is 3.02. The molecular formula is C15H18N2O6S. The van der Waals surface area contributed by atoms with E-state index in [4.69, 9.17) is 10.1 Å². The first-order valence-electron chi connectivity index (χ1n) is 6.79. The van der Waals surface area contributed by atoms with Gasteiger partial charge in [-0.3, -0.25) is 4.79 Å². The Balaban J connectivity index is 2.88. The standard InChI is InChI=1S/C15H18N2O6S/c1-9(16)14(10(2)18)13(19)8-23-15(20)11-4-6-12(7-5-11)24(21,22)17-3/h4-7,16-17,19H,8H2,1-3H3/b14-13-,16-9?. The highest BCUT2D eigenvalue weighted by atomic mass is 32.2. The zero-order chi connectivity index (χ0) is 18.5. The van der Waals surface area contributed by atoms with Crippen LogP contribution in [0.15, 0.2) is 40.5 Å². The molecule has 24 heavy (non-hydrogen) atoms. The summed E-state index contributed by atoms with van der Waals surface area (Å²) in [5.41, 5.74) is -0.273. The molecule has 1 aromatic carbocycles. The van der Waals surface area contributed by atoms with E-state index in [0.717, 1.165) is 0 Å². The van der Waals surface area contributed by atoms with Crippen molar-refractivity contribution < 1.29 is 27.9 Å². The van der Waals surface area contributed by atoms with Crippen LogP contribution in [0.5, 0.6) is 0 Å². The van der Waals surface area contributed by atoms with Crippen LogP contribution >= 0.6 is 0 Å². The first kappa shape index (κ1) is 19.5. The van der Waals surface area contributed by atoms with Gasteiger partial charge in [0.2, 0.25) is 10.0 Å². The lowest BCUT2D eigenvalue weighted by molar-refractivity contribution is -0.113. The van der Waals surface area contributed by atoms with Crippen LogP contribution in [-0.4, -0.2) is 44.6 Å². The van der Waals surface area contributed by atoms with Gasteiger partial charge in [-0.25, -0.2) is 17.9 Å². The molecule has 0 heterocycles. The Labute approximate surface area is 139 Å². The summed E-state index contributed by atoms with van der Waals surface area (Å²) in [5.74, 6) is -1.84. The molecule has 1 aromatic rings. The largest absolute Gasteiger partial charge is 0.508 e. The van der Waals surface area contributed by atoms with Crippen LogP contribution in [0.3, 0.4) is 0 Å². The number of ketones is 1. The van der Waals surface area contributed by atoms with Crippen molar-refractivity contribution in [3.8, 4) is 0 Å². The molecule has 0 radical (unpaired) electrons. The number of esters is 1. The lowest BCUT2D eigenvalue weighted by Gasteiger charge is -2.08. The SMILES string of the molecule is CNS(=O)(=O)c1ccc(C(=O)OC/C(O)=C(\C(C)=N)C(C)=O)cc1. The number of rotatable bonds is 7. The maximum absolute atomic E-state index is 11.9. The van der Waals surface area contributed by atoms with Gasteiger partial charge in [-0.05, 0) is 45.2 Å². The van der Waals surface area contributed by atoms with E-state index in [0.29, 0.717) is 0 Å². The average Bonchev–Trinajstić information content (AvgIpc) is 2.52. The zero-order valence-electron chi connectivity index (χ0n) is 13.4. The number of Topliss-reactive ketones (excluding diaryl/α,β-unsaturated/α-hetero) is 1. The van der Waals surface area contributed by atoms with Crippen molar-refractivity contribution in [1.29, 1.82) is 5.41 Å². The molecule has 0 saturated carbocycles. The Morgan fingerprint density at radius 1 is 1.21 bits per heavy atom. The molecule has 9 heteroatoms. The Morgan fingerprint density at radius 3 is 2.17 bits per heavy atom. The van der Waals surface area contributed by atoms with Crippen molar-refractivity contribution in [2.24, 2.45) is 0 Å². The predicted octanol–water partition coefficient (Wildman–Crippen LogP) is 1.19. The average molecular weight is 354 g/mol. The molecular weight excluding hydrogens is 336 g/mol. The van der Waals surface area contributed by atoms with Crippen molar-refractivity contribution in [2.75, 3.05) is 13.7 Å². The molecule has 3 N–H and O–H groups in total. The second kappa shape index (κ2) is 7.84. The predicted molar refractivity (Wildman–Crippen MR) is 86.7 cm³/mol. The summed E-state index contributed by atoms with van der Waals surface area (Å²) >= 11 is 0. The summed E-state index contributed by atoms with van der Waals surface area (Å²) in [6.07, 6.45) is 0. The van der Waals surface area contributed by atoms with Gasteiger partial charge >= 0.3 is 5.97 Å². The third-order valence-corrected chi connectivity index (χ3v) is 4.45. The van der Waals surface area contributed by atoms with Crippen LogP contribution in [0.4, 0.5) is 0 Å². The molecule has 0 saturated heterocycles. The van der Waals surface area contributed by atoms with Gasteiger partial charge in [0, 0.05) is 5.71 Å². The van der Waals surface area contributed by atoms with E-state index in [9.17, 15) is 23.1 Å². The number of benzene rings is 1. The number of carbonyl (C=O) groups is 2. The van der Waals surface area contributed by atoms with Crippen molar-refractivity contribution in [3.63, 3.8) is 0 Å². The molecule has 0 aliphatic carbocycles. The summed E-state index contributed by atoms with van der Waals surface area (Å²) in [6, 6.07) is 5.00. The molecule has 0 fully saturated rings. The third kappa shape index (κ3) is 4.74. The maximum Gasteiger partial charge on any atom is 0.338 e. The van der Waals surface area contributed by atoms with Crippen LogP contribution in [0.1, 0.15) is 24.2 Å². The number of hydrogen-bond donors (Lipinski definition) is 3. The van der Waals surface area contributed by atoms with Gasteiger partial charge in [0.05, 0.1) is 16.0 Å². The molecule has 0 amide bonds. The highest BCUT2D eigenvalue weighted by Gasteiger charge is 2.17. The molecule has 0 aliphatic heterocycles. The Kier molecular flexibility index (Phi) is 6.38. The molecule has 0 spiro atoms. The number of hydrogen-bond acceptors (Lipinski definition) is 7. The quantitative estimate of drug-likeness (QED) is 0.291. The van der Waals surface area contributed by atoms with E-state index >= 15 is 0 Å². The van der Waals surface area contributed by atoms with Crippen LogP contribution in [-0.2, 0) is 19.6 Å². The Hall–Kier alpha value is -2.52. The molecule has 0 bridgehead atoms. The number of allylic oxidation sites excluding steroid dienone is 1. The summed E-state index contributed by atoms with van der Waals surface area (Å²) < 4.78 is 30.2. The summed E-state index contributed by atoms with van der Waals surface area (Å²) in [5, 5.41) is 17.2. The van der Waals surface area contributed by atoms with Gasteiger partial charge in [-0.15, -0.1) is 0 Å². The van der Waals surface area contributed by atoms with Gasteiger partial charge < -0.3 is 15.3 Å². The molecule has 0 aliphatic rings. The molecule has 1 rings (SSSR count).